The summed E-state index contributed by atoms with van der Waals surface area (Å²) < 4.78 is 4.90. The van der Waals surface area contributed by atoms with Crippen molar-refractivity contribution in [3.05, 3.63) is 11.1 Å². The second-order valence-corrected chi connectivity index (χ2v) is 5.66. The van der Waals surface area contributed by atoms with Gasteiger partial charge in [-0.25, -0.2) is 4.79 Å². The molecule has 2 saturated heterocycles. The van der Waals surface area contributed by atoms with Crippen LogP contribution in [0.3, 0.4) is 0 Å². The molecule has 0 bridgehead atoms. The Labute approximate surface area is 135 Å². The summed E-state index contributed by atoms with van der Waals surface area (Å²) >= 11 is 1.41. The van der Waals surface area contributed by atoms with Gasteiger partial charge in [0.15, 0.2) is 0 Å². The van der Waals surface area contributed by atoms with Crippen LogP contribution in [-0.4, -0.2) is 73.3 Å². The molecule has 2 heterocycles. The molecule has 0 aliphatic carbocycles. The highest BCUT2D eigenvalue weighted by Crippen LogP contribution is 2.28. The molecule has 0 radical (unpaired) electrons. The predicted octanol–water partition coefficient (Wildman–Crippen LogP) is 0.293. The Morgan fingerprint density at radius 3 is 2.76 bits per heavy atom. The van der Waals surface area contributed by atoms with Gasteiger partial charge < -0.3 is 15.0 Å². The molecule has 1 amide bonds. The van der Waals surface area contributed by atoms with Crippen LogP contribution in [0.1, 0.15) is 6.92 Å². The number of nitrogens with zero attached hydrogens (tertiary/aromatic N) is 2. The summed E-state index contributed by atoms with van der Waals surface area (Å²) in [5.74, 6) is 0.102. The maximum Gasteiger partial charge on any atom is 0.333 e. The number of nitrogens with one attached hydrogen (secondary N) is 1. The van der Waals surface area contributed by atoms with Crippen molar-refractivity contribution >= 4 is 36.0 Å². The van der Waals surface area contributed by atoms with Gasteiger partial charge in [-0.15, -0.1) is 12.4 Å². The topological polar surface area (TPSA) is 61.9 Å². The van der Waals surface area contributed by atoms with Crippen molar-refractivity contribution in [2.75, 3.05) is 51.6 Å². The van der Waals surface area contributed by atoms with Gasteiger partial charge in [-0.3, -0.25) is 9.69 Å². The van der Waals surface area contributed by atoms with E-state index in [0.717, 1.165) is 32.7 Å². The van der Waals surface area contributed by atoms with E-state index in [9.17, 15) is 9.59 Å². The third-order valence-electron chi connectivity index (χ3n) is 3.29. The van der Waals surface area contributed by atoms with Crippen molar-refractivity contribution < 1.29 is 14.3 Å². The van der Waals surface area contributed by atoms with Gasteiger partial charge in [0.05, 0.1) is 23.5 Å². The zero-order valence-corrected chi connectivity index (χ0v) is 13.8. The molecule has 2 fully saturated rings. The summed E-state index contributed by atoms with van der Waals surface area (Å²) in [7, 11) is 0. The highest BCUT2D eigenvalue weighted by Gasteiger charge is 2.27. The zero-order valence-electron chi connectivity index (χ0n) is 12.2. The smallest absolute Gasteiger partial charge is 0.333 e. The minimum absolute atomic E-state index is 0. The van der Waals surface area contributed by atoms with Crippen molar-refractivity contribution in [2.45, 2.75) is 6.92 Å². The summed E-state index contributed by atoms with van der Waals surface area (Å²) in [6.07, 6.45) is 1.43. The molecule has 0 atom stereocenters. The first-order valence-corrected chi connectivity index (χ1v) is 7.94. The fourth-order valence-corrected chi connectivity index (χ4v) is 3.19. The number of hydrogen-bond donors (Lipinski definition) is 1. The predicted molar refractivity (Wildman–Crippen MR) is 85.4 cm³/mol. The third kappa shape index (κ3) is 5.50. The van der Waals surface area contributed by atoms with E-state index < -0.39 is 0 Å². The van der Waals surface area contributed by atoms with Crippen LogP contribution in [0, 0.1) is 0 Å². The zero-order chi connectivity index (χ0) is 14.4. The fourth-order valence-electron chi connectivity index (χ4n) is 2.23. The van der Waals surface area contributed by atoms with E-state index in [1.54, 1.807) is 11.8 Å². The summed E-state index contributed by atoms with van der Waals surface area (Å²) in [6, 6.07) is 0. The Kier molecular flexibility index (Phi) is 8.10. The maximum atomic E-state index is 11.9. The Bertz CT molecular complexity index is 400. The van der Waals surface area contributed by atoms with Gasteiger partial charge in [-0.05, 0) is 6.92 Å². The van der Waals surface area contributed by atoms with E-state index in [0.29, 0.717) is 23.9 Å². The molecule has 0 aromatic rings. The lowest BCUT2D eigenvalue weighted by Crippen LogP contribution is -2.46. The molecule has 0 unspecified atom stereocenters. The average Bonchev–Trinajstić information content (AvgIpc) is 2.78. The second kappa shape index (κ2) is 9.30. The fraction of sp³-hybridized carbons (Fsp3) is 0.692. The number of rotatable bonds is 5. The number of halogens is 1. The SMILES string of the molecule is CCOC(=O)C=C1SCC(=O)N1CCN1CCNCC1.Cl. The number of carbonyl (C=O) groups excluding carboxylic acids is 2. The van der Waals surface area contributed by atoms with Crippen LogP contribution in [0.2, 0.25) is 0 Å². The normalized spacial score (nSPS) is 21.5. The van der Waals surface area contributed by atoms with Crippen molar-refractivity contribution in [3.63, 3.8) is 0 Å². The monoisotopic (exact) mass is 335 g/mol. The highest BCUT2D eigenvalue weighted by atomic mass is 35.5. The molecule has 2 rings (SSSR count). The van der Waals surface area contributed by atoms with Crippen LogP contribution in [0.25, 0.3) is 0 Å². The van der Waals surface area contributed by atoms with E-state index in [1.807, 2.05) is 0 Å². The van der Waals surface area contributed by atoms with E-state index in [1.165, 1.54) is 17.8 Å². The summed E-state index contributed by atoms with van der Waals surface area (Å²) in [5.41, 5.74) is 0. The Balaban J connectivity index is 0.00000220. The molecule has 120 valence electrons. The van der Waals surface area contributed by atoms with Gasteiger partial charge in [0.1, 0.15) is 0 Å². The first-order chi connectivity index (χ1) is 9.70. The van der Waals surface area contributed by atoms with Crippen molar-refractivity contribution in [1.82, 2.24) is 15.1 Å². The quantitative estimate of drug-likeness (QED) is 0.576. The minimum Gasteiger partial charge on any atom is -0.463 e. The van der Waals surface area contributed by atoms with E-state index in [-0.39, 0.29) is 24.3 Å². The summed E-state index contributed by atoms with van der Waals surface area (Å²) in [5, 5.41) is 4.01. The van der Waals surface area contributed by atoms with Gasteiger partial charge in [0, 0.05) is 39.3 Å². The van der Waals surface area contributed by atoms with E-state index >= 15 is 0 Å². The molecule has 0 aromatic carbocycles. The average molecular weight is 336 g/mol. The number of hydrogen-bond acceptors (Lipinski definition) is 6. The third-order valence-corrected chi connectivity index (χ3v) is 4.31. The van der Waals surface area contributed by atoms with Crippen LogP contribution in [-0.2, 0) is 14.3 Å². The number of ether oxygens (including phenoxy) is 1. The van der Waals surface area contributed by atoms with E-state index in [2.05, 4.69) is 10.2 Å². The number of thioether (sulfide) groups is 1. The molecule has 0 aromatic heterocycles. The molecule has 21 heavy (non-hydrogen) atoms. The van der Waals surface area contributed by atoms with Crippen molar-refractivity contribution in [2.24, 2.45) is 0 Å². The molecule has 0 saturated carbocycles. The van der Waals surface area contributed by atoms with Crippen LogP contribution in [0.4, 0.5) is 0 Å². The van der Waals surface area contributed by atoms with Crippen LogP contribution >= 0.6 is 24.2 Å². The molecular weight excluding hydrogens is 314 g/mol. The lowest BCUT2D eigenvalue weighted by molar-refractivity contribution is -0.137. The van der Waals surface area contributed by atoms with Crippen LogP contribution in [0.15, 0.2) is 11.1 Å². The summed E-state index contributed by atoms with van der Waals surface area (Å²) in [4.78, 5) is 27.4. The molecular formula is C13H22ClN3O3S. The first kappa shape index (κ1) is 18.3. The van der Waals surface area contributed by atoms with Gasteiger partial charge in [-0.2, -0.15) is 0 Å². The summed E-state index contributed by atoms with van der Waals surface area (Å²) in [6.45, 7) is 7.60. The van der Waals surface area contributed by atoms with Gasteiger partial charge in [-0.1, -0.05) is 11.8 Å². The van der Waals surface area contributed by atoms with Gasteiger partial charge in [0.2, 0.25) is 5.91 Å². The Hall–Kier alpha value is -0.760. The van der Waals surface area contributed by atoms with Crippen molar-refractivity contribution in [1.29, 1.82) is 0 Å². The largest absolute Gasteiger partial charge is 0.463 e. The van der Waals surface area contributed by atoms with Crippen LogP contribution < -0.4 is 5.32 Å². The molecule has 1 N–H and O–H groups in total. The lowest BCUT2D eigenvalue weighted by atomic mass is 10.3. The molecule has 2 aliphatic rings. The van der Waals surface area contributed by atoms with Crippen LogP contribution in [0.5, 0.6) is 0 Å². The number of carbonyl (C=O) groups is 2. The Morgan fingerprint density at radius 2 is 2.10 bits per heavy atom. The van der Waals surface area contributed by atoms with Crippen molar-refractivity contribution in [3.8, 4) is 0 Å². The van der Waals surface area contributed by atoms with Gasteiger partial charge >= 0.3 is 5.97 Å². The standard InChI is InChI=1S/C13H21N3O3S.ClH/c1-2-19-13(18)9-12-16(11(17)10-20-12)8-7-15-5-3-14-4-6-15;/h9,14H,2-8,10H2,1H3;1H. The highest BCUT2D eigenvalue weighted by molar-refractivity contribution is 8.04. The van der Waals surface area contributed by atoms with Gasteiger partial charge in [0.25, 0.3) is 0 Å². The number of esters is 1. The lowest BCUT2D eigenvalue weighted by Gasteiger charge is -2.29. The Morgan fingerprint density at radius 1 is 1.38 bits per heavy atom. The number of amides is 1. The minimum atomic E-state index is -0.378. The number of piperazine rings is 1. The first-order valence-electron chi connectivity index (χ1n) is 6.95. The van der Waals surface area contributed by atoms with E-state index in [4.69, 9.17) is 4.74 Å². The molecule has 8 heteroatoms. The second-order valence-electron chi connectivity index (χ2n) is 4.66. The molecule has 2 aliphatic heterocycles. The molecule has 0 spiro atoms. The maximum absolute atomic E-state index is 11.9. The molecule has 6 nitrogen and oxygen atoms in total.